The smallest absolute Gasteiger partial charge is 0.273 e. The van der Waals surface area contributed by atoms with Crippen LogP contribution in [0.4, 0.5) is 0 Å². The van der Waals surface area contributed by atoms with Crippen molar-refractivity contribution < 1.29 is 9.59 Å². The molecule has 0 aromatic carbocycles. The van der Waals surface area contributed by atoms with Crippen molar-refractivity contribution in [2.75, 3.05) is 0 Å². The third-order valence-corrected chi connectivity index (χ3v) is 4.75. The van der Waals surface area contributed by atoms with E-state index < -0.39 is 0 Å². The summed E-state index contributed by atoms with van der Waals surface area (Å²) in [6, 6.07) is 1.99. The number of nitrogens with one attached hydrogen (secondary N) is 2. The van der Waals surface area contributed by atoms with Gasteiger partial charge in [-0.2, -0.15) is 0 Å². The molecule has 4 nitrogen and oxygen atoms in total. The van der Waals surface area contributed by atoms with E-state index in [1.807, 2.05) is 13.0 Å². The highest BCUT2D eigenvalue weighted by molar-refractivity contribution is 7.14. The Kier molecular flexibility index (Phi) is 5.59. The average Bonchev–Trinajstić information content (AvgIpc) is 2.79. The number of hydrazine groups is 1. The van der Waals surface area contributed by atoms with Crippen molar-refractivity contribution in [1.82, 2.24) is 10.9 Å². The number of thiophene rings is 1. The van der Waals surface area contributed by atoms with Gasteiger partial charge in [0.25, 0.3) is 5.91 Å². The van der Waals surface area contributed by atoms with Gasteiger partial charge in [0, 0.05) is 11.3 Å². The Morgan fingerprint density at radius 1 is 1.15 bits per heavy atom. The molecule has 0 unspecified atom stereocenters. The number of carbonyl (C=O) groups is 2. The van der Waals surface area contributed by atoms with E-state index in [0.717, 1.165) is 19.3 Å². The fourth-order valence-electron chi connectivity index (χ4n) is 2.43. The predicted octanol–water partition coefficient (Wildman–Crippen LogP) is 2.97. The summed E-state index contributed by atoms with van der Waals surface area (Å²) < 4.78 is 0. The Balaban J connectivity index is 1.96. The topological polar surface area (TPSA) is 58.2 Å². The van der Waals surface area contributed by atoms with Gasteiger partial charge in [-0.05, 0) is 43.7 Å². The van der Waals surface area contributed by atoms with Gasteiger partial charge in [-0.1, -0.05) is 19.8 Å². The molecule has 0 fully saturated rings. The largest absolute Gasteiger partial charge is 0.279 e. The van der Waals surface area contributed by atoms with E-state index in [2.05, 4.69) is 10.9 Å². The third-order valence-electron chi connectivity index (χ3n) is 3.51. The summed E-state index contributed by atoms with van der Waals surface area (Å²) >= 11 is 1.57. The standard InChI is InChI=1S/C15H22N2O2S/c1-2-7-14(18)16-17-15(19)13-10-11-8-5-3-4-6-9-12(11)20-13/h10H,2-9H2,1H3,(H,16,18)(H,17,19). The van der Waals surface area contributed by atoms with Crippen LogP contribution in [0.5, 0.6) is 0 Å². The Labute approximate surface area is 123 Å². The molecular weight excluding hydrogens is 272 g/mol. The van der Waals surface area contributed by atoms with Gasteiger partial charge in [0.1, 0.15) is 0 Å². The molecule has 2 amide bonds. The molecule has 1 aromatic rings. The van der Waals surface area contributed by atoms with E-state index in [-0.39, 0.29) is 11.8 Å². The highest BCUT2D eigenvalue weighted by atomic mass is 32.1. The Hall–Kier alpha value is -1.36. The summed E-state index contributed by atoms with van der Waals surface area (Å²) in [4.78, 5) is 25.4. The van der Waals surface area contributed by atoms with Crippen LogP contribution in [0.3, 0.4) is 0 Å². The number of rotatable bonds is 3. The molecule has 110 valence electrons. The Morgan fingerprint density at radius 3 is 2.65 bits per heavy atom. The van der Waals surface area contributed by atoms with E-state index in [1.165, 1.54) is 36.1 Å². The van der Waals surface area contributed by atoms with Crippen molar-refractivity contribution in [2.45, 2.75) is 58.3 Å². The molecule has 0 aliphatic heterocycles. The zero-order valence-electron chi connectivity index (χ0n) is 12.0. The number of fused-ring (bicyclic) bond motifs is 1. The van der Waals surface area contributed by atoms with Crippen molar-refractivity contribution in [3.8, 4) is 0 Å². The number of carbonyl (C=O) groups excluding carboxylic acids is 2. The van der Waals surface area contributed by atoms with Crippen LogP contribution < -0.4 is 10.9 Å². The van der Waals surface area contributed by atoms with Crippen LogP contribution in [0, 0.1) is 0 Å². The molecule has 0 bridgehead atoms. The van der Waals surface area contributed by atoms with E-state index in [0.29, 0.717) is 11.3 Å². The summed E-state index contributed by atoms with van der Waals surface area (Å²) in [6.45, 7) is 1.93. The van der Waals surface area contributed by atoms with Crippen molar-refractivity contribution in [1.29, 1.82) is 0 Å². The van der Waals surface area contributed by atoms with Crippen LogP contribution in [0.1, 0.15) is 65.6 Å². The van der Waals surface area contributed by atoms with Gasteiger partial charge in [0.15, 0.2) is 0 Å². The summed E-state index contributed by atoms with van der Waals surface area (Å²) in [5.74, 6) is -0.345. The third kappa shape index (κ3) is 4.07. The van der Waals surface area contributed by atoms with Gasteiger partial charge in [-0.3, -0.25) is 20.4 Å². The molecule has 1 heterocycles. The molecule has 1 aliphatic carbocycles. The lowest BCUT2D eigenvalue weighted by Gasteiger charge is -2.07. The molecule has 0 atom stereocenters. The maximum Gasteiger partial charge on any atom is 0.279 e. The number of hydrogen-bond donors (Lipinski definition) is 2. The molecule has 1 aromatic heterocycles. The van der Waals surface area contributed by atoms with Crippen LogP contribution in [-0.4, -0.2) is 11.8 Å². The summed E-state index contributed by atoms with van der Waals surface area (Å²) in [6.07, 6.45) is 8.34. The predicted molar refractivity (Wildman–Crippen MR) is 80.7 cm³/mol. The van der Waals surface area contributed by atoms with Crippen LogP contribution >= 0.6 is 11.3 Å². The zero-order valence-corrected chi connectivity index (χ0v) is 12.8. The average molecular weight is 294 g/mol. The van der Waals surface area contributed by atoms with Gasteiger partial charge in [0.2, 0.25) is 5.91 Å². The van der Waals surface area contributed by atoms with E-state index in [4.69, 9.17) is 0 Å². The molecule has 20 heavy (non-hydrogen) atoms. The maximum absolute atomic E-state index is 12.0. The SMILES string of the molecule is CCCC(=O)NNC(=O)c1cc2c(s1)CCCCCC2. The molecular formula is C15H22N2O2S. The molecule has 0 saturated carbocycles. The van der Waals surface area contributed by atoms with Crippen molar-refractivity contribution >= 4 is 23.2 Å². The minimum Gasteiger partial charge on any atom is -0.273 e. The fraction of sp³-hybridized carbons (Fsp3) is 0.600. The monoisotopic (exact) mass is 294 g/mol. The van der Waals surface area contributed by atoms with Crippen LogP contribution in [0.15, 0.2) is 6.07 Å². The minimum absolute atomic E-state index is 0.143. The number of aryl methyl sites for hydroxylation is 2. The highest BCUT2D eigenvalue weighted by Gasteiger charge is 2.16. The highest BCUT2D eigenvalue weighted by Crippen LogP contribution is 2.28. The van der Waals surface area contributed by atoms with Gasteiger partial charge in [-0.15, -0.1) is 11.3 Å². The fourth-order valence-corrected chi connectivity index (χ4v) is 3.58. The first-order valence-corrected chi connectivity index (χ1v) is 8.23. The van der Waals surface area contributed by atoms with E-state index in [1.54, 1.807) is 11.3 Å². The van der Waals surface area contributed by atoms with E-state index >= 15 is 0 Å². The van der Waals surface area contributed by atoms with Crippen LogP contribution in [0.2, 0.25) is 0 Å². The van der Waals surface area contributed by atoms with Crippen molar-refractivity contribution in [3.05, 3.63) is 21.4 Å². The first kappa shape index (κ1) is 15.0. The molecule has 2 rings (SSSR count). The first-order chi connectivity index (χ1) is 9.70. The molecule has 0 saturated heterocycles. The number of amides is 2. The summed E-state index contributed by atoms with van der Waals surface area (Å²) in [7, 11) is 0. The Morgan fingerprint density at radius 2 is 1.90 bits per heavy atom. The molecule has 1 aliphatic rings. The Bertz CT molecular complexity index is 457. The second-order valence-electron chi connectivity index (χ2n) is 5.23. The maximum atomic E-state index is 12.0. The van der Waals surface area contributed by atoms with Crippen LogP contribution in [0.25, 0.3) is 0 Å². The first-order valence-electron chi connectivity index (χ1n) is 7.41. The summed E-state index contributed by atoms with van der Waals surface area (Å²) in [5, 5.41) is 0. The van der Waals surface area contributed by atoms with Gasteiger partial charge in [-0.25, -0.2) is 0 Å². The van der Waals surface area contributed by atoms with Gasteiger partial charge >= 0.3 is 0 Å². The molecule has 5 heteroatoms. The van der Waals surface area contributed by atoms with E-state index in [9.17, 15) is 9.59 Å². The quantitative estimate of drug-likeness (QED) is 0.842. The molecule has 2 N–H and O–H groups in total. The van der Waals surface area contributed by atoms with Crippen LogP contribution in [-0.2, 0) is 17.6 Å². The van der Waals surface area contributed by atoms with Crippen molar-refractivity contribution in [3.63, 3.8) is 0 Å². The second-order valence-corrected chi connectivity index (χ2v) is 6.36. The zero-order chi connectivity index (χ0) is 14.4. The minimum atomic E-state index is -0.203. The normalized spacial score (nSPS) is 14.8. The number of hydrogen-bond acceptors (Lipinski definition) is 3. The summed E-state index contributed by atoms with van der Waals surface area (Å²) in [5.41, 5.74) is 6.27. The lowest BCUT2D eigenvalue weighted by atomic mass is 10.00. The van der Waals surface area contributed by atoms with Gasteiger partial charge in [0.05, 0.1) is 4.88 Å². The second kappa shape index (κ2) is 7.43. The molecule has 0 spiro atoms. The molecule has 0 radical (unpaired) electrons. The lowest BCUT2D eigenvalue weighted by Crippen LogP contribution is -2.41. The lowest BCUT2D eigenvalue weighted by molar-refractivity contribution is -0.121. The van der Waals surface area contributed by atoms with Crippen molar-refractivity contribution in [2.24, 2.45) is 0 Å². The van der Waals surface area contributed by atoms with Gasteiger partial charge < -0.3 is 0 Å².